The van der Waals surface area contributed by atoms with Crippen molar-refractivity contribution in [1.29, 1.82) is 0 Å². The number of nitrogens with one attached hydrogen (secondary N) is 1. The van der Waals surface area contributed by atoms with Gasteiger partial charge in [-0.1, -0.05) is 11.6 Å². The molecule has 3 aromatic rings. The third-order valence-electron chi connectivity index (χ3n) is 6.16. The Morgan fingerprint density at radius 1 is 1.18 bits per heavy atom. The summed E-state index contributed by atoms with van der Waals surface area (Å²) in [7, 11) is 1.23. The lowest BCUT2D eigenvalue weighted by molar-refractivity contribution is 0.123. The van der Waals surface area contributed by atoms with Crippen LogP contribution in [0.25, 0.3) is 10.9 Å². The molecule has 1 unspecified atom stereocenters. The molecule has 1 aliphatic rings. The number of anilines is 2. The summed E-state index contributed by atoms with van der Waals surface area (Å²) in [5.74, 6) is 5.02. The minimum atomic E-state index is -2.23. The topological polar surface area (TPSA) is 76.6 Å². The number of rotatable bonds is 7. The van der Waals surface area contributed by atoms with Gasteiger partial charge in [-0.05, 0) is 62.9 Å². The molecule has 1 heterocycles. The van der Waals surface area contributed by atoms with Crippen molar-refractivity contribution in [2.75, 3.05) is 25.7 Å². The first-order valence-corrected chi connectivity index (χ1v) is 13.4. The van der Waals surface area contributed by atoms with E-state index in [0.717, 1.165) is 31.1 Å². The van der Waals surface area contributed by atoms with Crippen molar-refractivity contribution in [3.05, 3.63) is 47.5 Å². The van der Waals surface area contributed by atoms with Crippen molar-refractivity contribution < 1.29 is 18.1 Å². The lowest BCUT2D eigenvalue weighted by Crippen LogP contribution is -2.40. The number of ether oxygens (including phenoxy) is 2. The summed E-state index contributed by atoms with van der Waals surface area (Å²) < 4.78 is 39.6. The lowest BCUT2D eigenvalue weighted by Gasteiger charge is -2.35. The molecule has 0 aliphatic heterocycles. The fraction of sp³-hybridized carbons (Fsp3) is 0.375. The number of aromatic nitrogens is 2. The molecule has 182 valence electrons. The van der Waals surface area contributed by atoms with Crippen LogP contribution < -0.4 is 14.8 Å². The second kappa shape index (κ2) is 9.93. The van der Waals surface area contributed by atoms with Gasteiger partial charge < -0.3 is 14.8 Å². The van der Waals surface area contributed by atoms with Gasteiger partial charge in [-0.3, -0.25) is 4.21 Å². The third-order valence-corrected chi connectivity index (χ3v) is 7.97. The molecule has 4 rings (SSSR count). The Kier molecular flexibility index (Phi) is 7.16. The molecule has 1 aliphatic carbocycles. The van der Waals surface area contributed by atoms with Gasteiger partial charge in [0.15, 0.2) is 11.5 Å². The van der Waals surface area contributed by atoms with Crippen molar-refractivity contribution in [3.8, 4) is 11.5 Å². The van der Waals surface area contributed by atoms with E-state index in [-0.39, 0.29) is 17.2 Å². The van der Waals surface area contributed by atoms with Crippen LogP contribution in [-0.4, -0.2) is 56.9 Å². The van der Waals surface area contributed by atoms with E-state index in [9.17, 15) is 8.60 Å². The van der Waals surface area contributed by atoms with E-state index in [2.05, 4.69) is 21.2 Å². The van der Waals surface area contributed by atoms with E-state index < -0.39 is 15.5 Å². The fourth-order valence-electron chi connectivity index (χ4n) is 4.15. The number of hydrogen-bond acceptors (Lipinski definition) is 6. The number of halogens is 2. The summed E-state index contributed by atoms with van der Waals surface area (Å²) in [5.41, 5.74) is 1.28. The second-order valence-electron chi connectivity index (χ2n) is 8.55. The maximum atomic E-state index is 13.5. The van der Waals surface area contributed by atoms with Gasteiger partial charge in [0, 0.05) is 39.1 Å². The quantitative estimate of drug-likeness (QED) is 0.451. The smallest absolute Gasteiger partial charge is 0.162 e. The third kappa shape index (κ3) is 5.37. The Morgan fingerprint density at radius 3 is 2.56 bits per heavy atom. The molecule has 0 amide bonds. The Hall–Kier alpha value is -2.62. The number of fused-ring (bicyclic) bond motifs is 1. The van der Waals surface area contributed by atoms with Crippen LogP contribution in [0.4, 0.5) is 15.9 Å². The van der Waals surface area contributed by atoms with Gasteiger partial charge in [-0.15, -0.1) is 0 Å². The van der Waals surface area contributed by atoms with Crippen LogP contribution in [0.3, 0.4) is 0 Å². The standard InChI is InChI=1S/C24H28ClFN4O3S/c1-30(34(3,4)31)16-6-8-17(9-7-16)33-23-12-18-21(13-22(23)32-2)27-14-28-24(18)29-15-5-10-20(26)19(25)11-15/h5,10-14,16-17H,3,6-9H2,1-2,4H3,(H,27,28,29). The summed E-state index contributed by atoms with van der Waals surface area (Å²) in [6.45, 7) is 0. The fourth-order valence-corrected chi connectivity index (χ4v) is 5.17. The summed E-state index contributed by atoms with van der Waals surface area (Å²) in [5, 5.41) is 3.93. The van der Waals surface area contributed by atoms with E-state index in [1.807, 2.05) is 23.5 Å². The molecule has 0 bridgehead atoms. The molecule has 0 radical (unpaired) electrons. The molecular formula is C24H28ClFN4O3S. The highest BCUT2D eigenvalue weighted by Crippen LogP contribution is 2.37. The highest BCUT2D eigenvalue weighted by molar-refractivity contribution is 7.97. The lowest BCUT2D eigenvalue weighted by atomic mass is 9.93. The van der Waals surface area contributed by atoms with Crippen LogP contribution in [0, 0.1) is 5.82 Å². The van der Waals surface area contributed by atoms with E-state index in [0.29, 0.717) is 28.5 Å². The molecule has 7 nitrogen and oxygen atoms in total. The molecule has 1 saturated carbocycles. The van der Waals surface area contributed by atoms with Gasteiger partial charge >= 0.3 is 0 Å². The van der Waals surface area contributed by atoms with Crippen molar-refractivity contribution in [1.82, 2.24) is 14.3 Å². The number of hydrogen-bond donors (Lipinski definition) is 1. The van der Waals surface area contributed by atoms with Crippen molar-refractivity contribution in [2.45, 2.75) is 37.8 Å². The van der Waals surface area contributed by atoms with Gasteiger partial charge in [0.05, 0.1) is 23.8 Å². The predicted molar refractivity (Wildman–Crippen MR) is 136 cm³/mol. The van der Waals surface area contributed by atoms with Gasteiger partial charge in [0.1, 0.15) is 18.0 Å². The molecule has 0 saturated heterocycles. The van der Waals surface area contributed by atoms with E-state index in [1.165, 1.54) is 18.5 Å². The molecule has 10 heteroatoms. The first kappa shape index (κ1) is 24.5. The second-order valence-corrected chi connectivity index (χ2v) is 11.5. The maximum Gasteiger partial charge on any atom is 0.162 e. The van der Waals surface area contributed by atoms with Gasteiger partial charge in [0.2, 0.25) is 0 Å². The monoisotopic (exact) mass is 506 g/mol. The molecular weight excluding hydrogens is 479 g/mol. The minimum absolute atomic E-state index is 0.00525. The van der Waals surface area contributed by atoms with Crippen LogP contribution in [-0.2, 0) is 9.71 Å². The van der Waals surface area contributed by atoms with Crippen LogP contribution in [0.1, 0.15) is 25.7 Å². The Balaban J connectivity index is 1.57. The van der Waals surface area contributed by atoms with Crippen molar-refractivity contribution in [2.24, 2.45) is 0 Å². The zero-order chi connectivity index (χ0) is 24.5. The van der Waals surface area contributed by atoms with Crippen LogP contribution in [0.15, 0.2) is 36.7 Å². The predicted octanol–water partition coefficient (Wildman–Crippen LogP) is 5.06. The van der Waals surface area contributed by atoms with Crippen LogP contribution in [0.5, 0.6) is 11.5 Å². The maximum absolute atomic E-state index is 13.5. The van der Waals surface area contributed by atoms with E-state index in [4.69, 9.17) is 21.1 Å². The van der Waals surface area contributed by atoms with E-state index >= 15 is 0 Å². The summed E-state index contributed by atoms with van der Waals surface area (Å²) in [6, 6.07) is 8.27. The first-order valence-electron chi connectivity index (χ1n) is 10.9. The number of benzene rings is 2. The highest BCUT2D eigenvalue weighted by atomic mass is 35.5. The van der Waals surface area contributed by atoms with Gasteiger partial charge in [0.25, 0.3) is 0 Å². The molecule has 1 atom stereocenters. The number of methoxy groups -OCH3 is 1. The number of nitrogens with zero attached hydrogens (tertiary/aromatic N) is 3. The van der Waals surface area contributed by atoms with Crippen LogP contribution in [0.2, 0.25) is 5.02 Å². The normalized spacial score (nSPS) is 20.2. The molecule has 1 fully saturated rings. The Morgan fingerprint density at radius 2 is 1.91 bits per heavy atom. The molecule has 0 spiro atoms. The Labute approximate surface area is 204 Å². The average Bonchev–Trinajstić information content (AvgIpc) is 2.81. The Bertz CT molecular complexity index is 1300. The largest absolute Gasteiger partial charge is 0.493 e. The average molecular weight is 507 g/mol. The van der Waals surface area contributed by atoms with Crippen molar-refractivity contribution in [3.63, 3.8) is 0 Å². The van der Waals surface area contributed by atoms with Gasteiger partial charge in [-0.2, -0.15) is 0 Å². The zero-order valence-corrected chi connectivity index (χ0v) is 21.0. The highest BCUT2D eigenvalue weighted by Gasteiger charge is 2.28. The van der Waals surface area contributed by atoms with Crippen molar-refractivity contribution >= 4 is 49.6 Å². The van der Waals surface area contributed by atoms with E-state index in [1.54, 1.807) is 19.4 Å². The summed E-state index contributed by atoms with van der Waals surface area (Å²) in [4.78, 5) is 8.71. The van der Waals surface area contributed by atoms with Crippen LogP contribution >= 0.6 is 11.6 Å². The minimum Gasteiger partial charge on any atom is -0.493 e. The summed E-state index contributed by atoms with van der Waals surface area (Å²) >= 11 is 5.92. The SMILES string of the molecule is C=S(C)(=O)N(C)C1CCC(Oc2cc3c(Nc4ccc(F)c(Cl)c4)ncnc3cc2OC)CC1. The van der Waals surface area contributed by atoms with Gasteiger partial charge in [-0.25, -0.2) is 18.7 Å². The first-order chi connectivity index (χ1) is 16.2. The molecule has 1 aromatic heterocycles. The molecule has 1 N–H and O–H groups in total. The summed E-state index contributed by atoms with van der Waals surface area (Å²) in [6.07, 6.45) is 6.53. The molecule has 34 heavy (non-hydrogen) atoms. The zero-order valence-electron chi connectivity index (χ0n) is 19.4. The molecule has 2 aromatic carbocycles.